The SMILES string of the molecule is C[C@H](OC(N)=O)C(=O)Cc1cccc(Cl)c1C(=O)Nc1cn[nH]c1. The van der Waals surface area contributed by atoms with E-state index in [1.165, 1.54) is 19.3 Å². The first-order valence-electron chi connectivity index (χ1n) is 6.94. The highest BCUT2D eigenvalue weighted by Crippen LogP contribution is 2.22. The highest BCUT2D eigenvalue weighted by Gasteiger charge is 2.22. The molecule has 1 aromatic carbocycles. The van der Waals surface area contributed by atoms with Gasteiger partial charge in [0, 0.05) is 12.6 Å². The molecule has 0 unspecified atom stereocenters. The first-order valence-corrected chi connectivity index (χ1v) is 7.32. The maximum Gasteiger partial charge on any atom is 0.405 e. The van der Waals surface area contributed by atoms with Crippen LogP contribution in [0.4, 0.5) is 10.5 Å². The zero-order valence-corrected chi connectivity index (χ0v) is 13.5. The summed E-state index contributed by atoms with van der Waals surface area (Å²) < 4.78 is 4.64. The summed E-state index contributed by atoms with van der Waals surface area (Å²) in [7, 11) is 0. The van der Waals surface area contributed by atoms with Crippen molar-refractivity contribution < 1.29 is 19.1 Å². The number of ether oxygens (including phenoxy) is 1. The number of anilines is 1. The molecule has 1 aromatic heterocycles. The van der Waals surface area contributed by atoms with Crippen LogP contribution in [0.5, 0.6) is 0 Å². The van der Waals surface area contributed by atoms with Crippen molar-refractivity contribution in [3.8, 4) is 0 Å². The van der Waals surface area contributed by atoms with E-state index in [4.69, 9.17) is 17.3 Å². The molecule has 0 saturated carbocycles. The molecular formula is C15H15ClN4O4. The van der Waals surface area contributed by atoms with E-state index in [1.807, 2.05) is 0 Å². The van der Waals surface area contributed by atoms with E-state index in [0.29, 0.717) is 11.3 Å². The number of Topliss-reactive ketones (excluding diaryl/α,β-unsaturated/α-hetero) is 1. The molecule has 0 aliphatic rings. The summed E-state index contributed by atoms with van der Waals surface area (Å²) in [5.41, 5.74) is 5.93. The number of nitrogens with one attached hydrogen (secondary N) is 2. The Bertz CT molecular complexity index is 761. The van der Waals surface area contributed by atoms with Gasteiger partial charge in [-0.25, -0.2) is 4.79 Å². The number of aromatic nitrogens is 2. The van der Waals surface area contributed by atoms with Crippen LogP contribution in [-0.2, 0) is 16.0 Å². The summed E-state index contributed by atoms with van der Waals surface area (Å²) in [5.74, 6) is -0.887. The minimum absolute atomic E-state index is 0.136. The average molecular weight is 351 g/mol. The fourth-order valence-electron chi connectivity index (χ4n) is 2.05. The Morgan fingerprint density at radius 3 is 2.79 bits per heavy atom. The Balaban J connectivity index is 2.21. The number of primary amides is 1. The Kier molecular flexibility index (Phi) is 5.54. The van der Waals surface area contributed by atoms with E-state index in [9.17, 15) is 14.4 Å². The number of nitrogens with zero attached hydrogens (tertiary/aromatic N) is 1. The average Bonchev–Trinajstić information content (AvgIpc) is 2.99. The molecule has 2 aromatic rings. The summed E-state index contributed by atoms with van der Waals surface area (Å²) in [6.07, 6.45) is 0.736. The summed E-state index contributed by atoms with van der Waals surface area (Å²) in [5, 5.41) is 9.11. The maximum absolute atomic E-state index is 12.4. The zero-order chi connectivity index (χ0) is 17.7. The van der Waals surface area contributed by atoms with Crippen LogP contribution in [-0.4, -0.2) is 34.1 Å². The van der Waals surface area contributed by atoms with Crippen LogP contribution in [0, 0.1) is 0 Å². The maximum atomic E-state index is 12.4. The lowest BCUT2D eigenvalue weighted by molar-refractivity contribution is -0.125. The number of amides is 2. The molecule has 2 amide bonds. The molecule has 1 atom stereocenters. The molecule has 9 heteroatoms. The van der Waals surface area contributed by atoms with Gasteiger partial charge in [0.1, 0.15) is 0 Å². The van der Waals surface area contributed by atoms with Gasteiger partial charge in [-0.3, -0.25) is 14.7 Å². The van der Waals surface area contributed by atoms with Crippen molar-refractivity contribution in [1.82, 2.24) is 10.2 Å². The van der Waals surface area contributed by atoms with Gasteiger partial charge in [-0.05, 0) is 18.6 Å². The van der Waals surface area contributed by atoms with Crippen LogP contribution >= 0.6 is 11.6 Å². The quantitative estimate of drug-likeness (QED) is 0.733. The normalized spacial score (nSPS) is 11.6. The number of nitrogens with two attached hydrogens (primary N) is 1. The first-order chi connectivity index (χ1) is 11.4. The van der Waals surface area contributed by atoms with Crippen LogP contribution in [0.15, 0.2) is 30.6 Å². The second-order valence-electron chi connectivity index (χ2n) is 4.94. The number of aromatic amines is 1. The van der Waals surface area contributed by atoms with Gasteiger partial charge in [-0.2, -0.15) is 5.10 Å². The molecule has 0 aliphatic carbocycles. The van der Waals surface area contributed by atoms with E-state index in [0.717, 1.165) is 0 Å². The third-order valence-corrected chi connectivity index (χ3v) is 3.51. The topological polar surface area (TPSA) is 127 Å². The molecule has 0 bridgehead atoms. The largest absolute Gasteiger partial charge is 0.439 e. The van der Waals surface area contributed by atoms with Gasteiger partial charge in [0.25, 0.3) is 5.91 Å². The molecule has 0 aliphatic heterocycles. The van der Waals surface area contributed by atoms with Crippen molar-refractivity contribution in [2.24, 2.45) is 5.73 Å². The molecule has 0 fully saturated rings. The van der Waals surface area contributed by atoms with Gasteiger partial charge in [0.2, 0.25) is 0 Å². The fraction of sp³-hybridized carbons (Fsp3) is 0.200. The van der Waals surface area contributed by atoms with E-state index < -0.39 is 23.9 Å². The summed E-state index contributed by atoms with van der Waals surface area (Å²) in [4.78, 5) is 35.3. The summed E-state index contributed by atoms with van der Waals surface area (Å²) >= 11 is 6.11. The van der Waals surface area contributed by atoms with Gasteiger partial charge >= 0.3 is 6.09 Å². The van der Waals surface area contributed by atoms with Crippen molar-refractivity contribution in [3.05, 3.63) is 46.7 Å². The highest BCUT2D eigenvalue weighted by atomic mass is 35.5. The predicted molar refractivity (Wildman–Crippen MR) is 86.8 cm³/mol. The number of halogens is 1. The summed E-state index contributed by atoms with van der Waals surface area (Å²) in [6.45, 7) is 1.41. The van der Waals surface area contributed by atoms with Crippen LogP contribution in [0.3, 0.4) is 0 Å². The van der Waals surface area contributed by atoms with Gasteiger partial charge in [-0.1, -0.05) is 23.7 Å². The lowest BCUT2D eigenvalue weighted by atomic mass is 9.99. The number of H-pyrrole nitrogens is 1. The molecule has 0 saturated heterocycles. The van der Waals surface area contributed by atoms with Gasteiger partial charge in [-0.15, -0.1) is 0 Å². The van der Waals surface area contributed by atoms with E-state index in [1.54, 1.807) is 18.2 Å². The molecular weight excluding hydrogens is 336 g/mol. The highest BCUT2D eigenvalue weighted by molar-refractivity contribution is 6.34. The molecule has 24 heavy (non-hydrogen) atoms. The molecule has 2 rings (SSSR count). The van der Waals surface area contributed by atoms with Crippen molar-refractivity contribution in [1.29, 1.82) is 0 Å². The molecule has 8 nitrogen and oxygen atoms in total. The van der Waals surface area contributed by atoms with Crippen molar-refractivity contribution >= 4 is 35.1 Å². The number of rotatable bonds is 6. The second kappa shape index (κ2) is 7.60. The molecule has 0 spiro atoms. The van der Waals surface area contributed by atoms with E-state index in [-0.39, 0.29) is 17.0 Å². The van der Waals surface area contributed by atoms with Gasteiger partial charge < -0.3 is 15.8 Å². The lowest BCUT2D eigenvalue weighted by Crippen LogP contribution is -2.29. The summed E-state index contributed by atoms with van der Waals surface area (Å²) in [6, 6.07) is 4.77. The number of hydrogen-bond donors (Lipinski definition) is 3. The Hall–Kier alpha value is -2.87. The number of carbonyl (C=O) groups excluding carboxylic acids is 3. The van der Waals surface area contributed by atoms with Gasteiger partial charge in [0.15, 0.2) is 11.9 Å². The third kappa shape index (κ3) is 4.32. The van der Waals surface area contributed by atoms with E-state index in [2.05, 4.69) is 20.3 Å². The number of carbonyl (C=O) groups is 3. The van der Waals surface area contributed by atoms with Crippen LogP contribution < -0.4 is 11.1 Å². The zero-order valence-electron chi connectivity index (χ0n) is 12.7. The molecule has 4 N–H and O–H groups in total. The number of hydrogen-bond acceptors (Lipinski definition) is 5. The monoisotopic (exact) mass is 350 g/mol. The van der Waals surface area contributed by atoms with Crippen molar-refractivity contribution in [3.63, 3.8) is 0 Å². The predicted octanol–water partition coefficient (Wildman–Crippen LogP) is 1.91. The standard InChI is InChI=1S/C15H15ClN4O4/c1-8(24-15(17)23)12(21)5-9-3-2-4-11(16)13(9)14(22)20-10-6-18-19-7-10/h2-4,6-8H,5H2,1H3,(H2,17,23)(H,18,19)(H,20,22)/t8-/m0/s1. The fourth-order valence-corrected chi connectivity index (χ4v) is 2.33. The van der Waals surface area contributed by atoms with Crippen LogP contribution in [0.1, 0.15) is 22.8 Å². The van der Waals surface area contributed by atoms with Crippen molar-refractivity contribution in [2.45, 2.75) is 19.4 Å². The minimum Gasteiger partial charge on any atom is -0.439 e. The molecule has 1 heterocycles. The van der Waals surface area contributed by atoms with Crippen molar-refractivity contribution in [2.75, 3.05) is 5.32 Å². The second-order valence-corrected chi connectivity index (χ2v) is 5.34. The van der Waals surface area contributed by atoms with Crippen LogP contribution in [0.2, 0.25) is 5.02 Å². The Morgan fingerprint density at radius 1 is 1.42 bits per heavy atom. The Labute approximate surface area is 142 Å². The first kappa shape index (κ1) is 17.5. The minimum atomic E-state index is -1.04. The molecule has 0 radical (unpaired) electrons. The van der Waals surface area contributed by atoms with E-state index >= 15 is 0 Å². The number of ketones is 1. The van der Waals surface area contributed by atoms with Crippen LogP contribution in [0.25, 0.3) is 0 Å². The third-order valence-electron chi connectivity index (χ3n) is 3.19. The lowest BCUT2D eigenvalue weighted by Gasteiger charge is -2.13. The smallest absolute Gasteiger partial charge is 0.405 e. The Morgan fingerprint density at radius 2 is 2.17 bits per heavy atom. The van der Waals surface area contributed by atoms with Gasteiger partial charge in [0.05, 0.1) is 22.5 Å². The molecule has 126 valence electrons. The number of benzene rings is 1.